The number of hydrogen-bond donors (Lipinski definition) is 2. The Bertz CT molecular complexity index is 935. The molecule has 0 aliphatic rings. The second-order valence-corrected chi connectivity index (χ2v) is 8.11. The number of aromatic carboxylic acids is 1. The molecule has 0 saturated heterocycles. The third-order valence-corrected chi connectivity index (χ3v) is 4.88. The highest BCUT2D eigenvalue weighted by Crippen LogP contribution is 2.18. The Morgan fingerprint density at radius 1 is 1.11 bits per heavy atom. The first-order chi connectivity index (χ1) is 12.7. The largest absolute Gasteiger partial charge is 0.494 e. The van der Waals surface area contributed by atoms with Gasteiger partial charge in [-0.05, 0) is 49.7 Å². The highest BCUT2D eigenvalue weighted by Gasteiger charge is 2.12. The summed E-state index contributed by atoms with van der Waals surface area (Å²) in [5.41, 5.74) is 1.10. The van der Waals surface area contributed by atoms with Gasteiger partial charge < -0.3 is 15.2 Å². The van der Waals surface area contributed by atoms with Gasteiger partial charge in [0, 0.05) is 12.7 Å². The molecule has 0 radical (unpaired) electrons. The van der Waals surface area contributed by atoms with Gasteiger partial charge >= 0.3 is 5.97 Å². The van der Waals surface area contributed by atoms with Crippen molar-refractivity contribution in [3.63, 3.8) is 0 Å². The summed E-state index contributed by atoms with van der Waals surface area (Å²) in [5.74, 6) is -0.901. The van der Waals surface area contributed by atoms with E-state index in [-0.39, 0.29) is 35.1 Å². The van der Waals surface area contributed by atoms with Gasteiger partial charge in [0.15, 0.2) is 9.84 Å². The maximum absolute atomic E-state index is 12.0. The van der Waals surface area contributed by atoms with Gasteiger partial charge in [0.2, 0.25) is 5.91 Å². The molecule has 0 aliphatic carbocycles. The van der Waals surface area contributed by atoms with Crippen LogP contribution in [-0.4, -0.2) is 38.3 Å². The standard InChI is InChI=1S/C19H21NO6S/c1-13-5-10-17(16(12-13)19(22)23)20-18(21)4-3-11-26-14-6-8-15(9-7-14)27(2,24)25/h5-10,12H,3-4,11H2,1-2H3,(H,20,21)(H,22,23). The first-order valence-electron chi connectivity index (χ1n) is 8.23. The fourth-order valence-corrected chi connectivity index (χ4v) is 2.99. The summed E-state index contributed by atoms with van der Waals surface area (Å²) < 4.78 is 28.3. The molecule has 0 heterocycles. The number of carboxylic acid groups (broad SMARTS) is 1. The van der Waals surface area contributed by atoms with Gasteiger partial charge in [-0.3, -0.25) is 4.79 Å². The van der Waals surface area contributed by atoms with Crippen LogP contribution in [0.2, 0.25) is 0 Å². The first kappa shape index (κ1) is 20.4. The second-order valence-electron chi connectivity index (χ2n) is 6.10. The lowest BCUT2D eigenvalue weighted by Crippen LogP contribution is -2.15. The highest BCUT2D eigenvalue weighted by atomic mass is 32.2. The molecule has 0 unspecified atom stereocenters. The summed E-state index contributed by atoms with van der Waals surface area (Å²) in [6, 6.07) is 10.8. The Labute approximate surface area is 157 Å². The van der Waals surface area contributed by atoms with Crippen LogP contribution in [0.3, 0.4) is 0 Å². The lowest BCUT2D eigenvalue weighted by Gasteiger charge is -2.10. The summed E-state index contributed by atoms with van der Waals surface area (Å²) >= 11 is 0. The van der Waals surface area contributed by atoms with Crippen LogP contribution in [0.15, 0.2) is 47.4 Å². The fraction of sp³-hybridized carbons (Fsp3) is 0.263. The highest BCUT2D eigenvalue weighted by molar-refractivity contribution is 7.90. The maximum Gasteiger partial charge on any atom is 0.337 e. The molecule has 8 heteroatoms. The predicted molar refractivity (Wildman–Crippen MR) is 101 cm³/mol. The SMILES string of the molecule is Cc1ccc(NC(=O)CCCOc2ccc(S(C)(=O)=O)cc2)c(C(=O)O)c1. The molecule has 2 rings (SSSR count). The summed E-state index contributed by atoms with van der Waals surface area (Å²) in [6.07, 6.45) is 1.72. The molecular weight excluding hydrogens is 370 g/mol. The van der Waals surface area contributed by atoms with Crippen molar-refractivity contribution in [3.8, 4) is 5.75 Å². The molecule has 2 aromatic carbocycles. The number of sulfone groups is 1. The molecule has 0 aliphatic heterocycles. The van der Waals surface area contributed by atoms with E-state index in [9.17, 15) is 23.1 Å². The van der Waals surface area contributed by atoms with Crippen molar-refractivity contribution in [1.82, 2.24) is 0 Å². The van der Waals surface area contributed by atoms with Crippen molar-refractivity contribution < 1.29 is 27.9 Å². The number of amides is 1. The Morgan fingerprint density at radius 3 is 2.37 bits per heavy atom. The van der Waals surface area contributed by atoms with Crippen LogP contribution in [0.25, 0.3) is 0 Å². The van der Waals surface area contributed by atoms with Crippen LogP contribution in [0.1, 0.15) is 28.8 Å². The van der Waals surface area contributed by atoms with Crippen molar-refractivity contribution in [2.45, 2.75) is 24.7 Å². The molecule has 0 atom stereocenters. The zero-order valence-electron chi connectivity index (χ0n) is 15.1. The van der Waals surface area contributed by atoms with Crippen LogP contribution < -0.4 is 10.1 Å². The van der Waals surface area contributed by atoms with Crippen molar-refractivity contribution in [1.29, 1.82) is 0 Å². The molecule has 0 saturated carbocycles. The Balaban J connectivity index is 1.82. The molecule has 27 heavy (non-hydrogen) atoms. The lowest BCUT2D eigenvalue weighted by molar-refractivity contribution is -0.116. The van der Waals surface area contributed by atoms with E-state index >= 15 is 0 Å². The molecule has 0 bridgehead atoms. The van der Waals surface area contributed by atoms with E-state index in [1.807, 2.05) is 0 Å². The van der Waals surface area contributed by atoms with E-state index in [0.717, 1.165) is 11.8 Å². The Morgan fingerprint density at radius 2 is 1.78 bits per heavy atom. The number of benzene rings is 2. The minimum Gasteiger partial charge on any atom is -0.494 e. The smallest absolute Gasteiger partial charge is 0.337 e. The quantitative estimate of drug-likeness (QED) is 0.670. The van der Waals surface area contributed by atoms with Crippen molar-refractivity contribution in [2.75, 3.05) is 18.2 Å². The van der Waals surface area contributed by atoms with Crippen LogP contribution in [-0.2, 0) is 14.6 Å². The van der Waals surface area contributed by atoms with Crippen molar-refractivity contribution in [2.24, 2.45) is 0 Å². The Kier molecular flexibility index (Phi) is 6.57. The van der Waals surface area contributed by atoms with E-state index in [4.69, 9.17) is 4.74 Å². The van der Waals surface area contributed by atoms with E-state index in [1.54, 1.807) is 31.2 Å². The lowest BCUT2D eigenvalue weighted by atomic mass is 10.1. The number of nitrogens with one attached hydrogen (secondary N) is 1. The molecule has 144 valence electrons. The van der Waals surface area contributed by atoms with E-state index in [2.05, 4.69) is 5.32 Å². The monoisotopic (exact) mass is 391 g/mol. The second kappa shape index (κ2) is 8.68. The predicted octanol–water partition coefficient (Wildman–Crippen LogP) is 2.89. The van der Waals surface area contributed by atoms with Crippen molar-refractivity contribution in [3.05, 3.63) is 53.6 Å². The normalized spacial score (nSPS) is 11.0. The number of carbonyl (C=O) groups excluding carboxylic acids is 1. The molecule has 2 N–H and O–H groups in total. The van der Waals surface area contributed by atoms with Gasteiger partial charge in [-0.15, -0.1) is 0 Å². The summed E-state index contributed by atoms with van der Waals surface area (Å²) in [6.45, 7) is 2.04. The van der Waals surface area contributed by atoms with E-state index < -0.39 is 15.8 Å². The van der Waals surface area contributed by atoms with Gasteiger partial charge in [-0.2, -0.15) is 0 Å². The minimum atomic E-state index is -3.25. The number of ether oxygens (including phenoxy) is 1. The third kappa shape index (κ3) is 6.10. The van der Waals surface area contributed by atoms with Gasteiger partial charge in [0.25, 0.3) is 0 Å². The number of aryl methyl sites for hydroxylation is 1. The molecule has 7 nitrogen and oxygen atoms in total. The van der Waals surface area contributed by atoms with Gasteiger partial charge in [0.05, 0.1) is 22.8 Å². The summed E-state index contributed by atoms with van der Waals surface area (Å²) in [4.78, 5) is 23.5. The number of carbonyl (C=O) groups is 2. The van der Waals surface area contributed by atoms with Crippen LogP contribution in [0.4, 0.5) is 5.69 Å². The first-order valence-corrected chi connectivity index (χ1v) is 10.1. The molecule has 2 aromatic rings. The topological polar surface area (TPSA) is 110 Å². The van der Waals surface area contributed by atoms with Crippen molar-refractivity contribution >= 4 is 27.4 Å². The van der Waals surface area contributed by atoms with Gasteiger partial charge in [-0.25, -0.2) is 13.2 Å². The maximum atomic E-state index is 12.0. The fourth-order valence-electron chi connectivity index (χ4n) is 2.36. The summed E-state index contributed by atoms with van der Waals surface area (Å²) in [5, 5.41) is 11.8. The number of anilines is 1. The zero-order valence-corrected chi connectivity index (χ0v) is 15.9. The summed E-state index contributed by atoms with van der Waals surface area (Å²) in [7, 11) is -3.25. The molecule has 1 amide bonds. The molecular formula is C19H21NO6S. The van der Waals surface area contributed by atoms with Crippen LogP contribution in [0, 0.1) is 6.92 Å². The third-order valence-electron chi connectivity index (χ3n) is 3.75. The minimum absolute atomic E-state index is 0.0468. The van der Waals surface area contributed by atoms with Crippen LogP contribution >= 0.6 is 0 Å². The zero-order chi connectivity index (χ0) is 20.0. The molecule has 0 fully saturated rings. The number of carboxylic acids is 1. The number of rotatable bonds is 8. The average molecular weight is 391 g/mol. The number of hydrogen-bond acceptors (Lipinski definition) is 5. The van der Waals surface area contributed by atoms with Gasteiger partial charge in [0.1, 0.15) is 5.75 Å². The Hall–Kier alpha value is -2.87. The molecule has 0 spiro atoms. The van der Waals surface area contributed by atoms with E-state index in [0.29, 0.717) is 12.2 Å². The van der Waals surface area contributed by atoms with E-state index in [1.165, 1.54) is 18.2 Å². The van der Waals surface area contributed by atoms with Gasteiger partial charge in [-0.1, -0.05) is 11.6 Å². The van der Waals surface area contributed by atoms with Crippen LogP contribution in [0.5, 0.6) is 5.75 Å². The average Bonchev–Trinajstić information content (AvgIpc) is 2.60. The molecule has 0 aromatic heterocycles.